The Labute approximate surface area is 130 Å². The third kappa shape index (κ3) is 11.1. The van der Waals surface area contributed by atoms with Crippen molar-refractivity contribution >= 4 is 29.5 Å². The topological polar surface area (TPSA) is 95.5 Å². The minimum Gasteiger partial charge on any atom is -0.480 e. The summed E-state index contributed by atoms with van der Waals surface area (Å²) < 4.78 is -0.0226. The number of thioether (sulfide) groups is 1. The molecule has 0 unspecified atom stereocenters. The third-order valence-corrected chi connectivity index (χ3v) is 3.70. The minimum atomic E-state index is -1.06. The van der Waals surface area contributed by atoms with Crippen molar-refractivity contribution in [3.8, 4) is 0 Å². The van der Waals surface area contributed by atoms with Gasteiger partial charge in [-0.2, -0.15) is 0 Å². The van der Waals surface area contributed by atoms with Crippen LogP contribution in [-0.4, -0.2) is 46.0 Å². The van der Waals surface area contributed by atoms with Gasteiger partial charge in [0, 0.05) is 4.75 Å². The second-order valence-electron chi connectivity index (χ2n) is 6.27. The Morgan fingerprint density at radius 2 is 1.71 bits per heavy atom. The number of carbonyl (C=O) groups is 3. The lowest BCUT2D eigenvalue weighted by molar-refractivity contribution is -0.142. The lowest BCUT2D eigenvalue weighted by Gasteiger charge is -2.18. The number of carbonyl (C=O) groups excluding carboxylic acids is 2. The molecule has 21 heavy (non-hydrogen) atoms. The van der Waals surface area contributed by atoms with Gasteiger partial charge < -0.3 is 15.7 Å². The Morgan fingerprint density at radius 1 is 1.14 bits per heavy atom. The number of hydrogen-bond acceptors (Lipinski definition) is 4. The van der Waals surface area contributed by atoms with Gasteiger partial charge in [-0.25, -0.2) is 4.79 Å². The first-order valence-corrected chi connectivity index (χ1v) is 7.92. The molecule has 3 N–H and O–H groups in total. The number of carboxylic acid groups (broad SMARTS) is 1. The second kappa shape index (κ2) is 8.92. The molecule has 0 saturated heterocycles. The molecular formula is C14H26N2O4S. The fourth-order valence-corrected chi connectivity index (χ4v) is 2.12. The van der Waals surface area contributed by atoms with Crippen LogP contribution in [0.5, 0.6) is 0 Å². The summed E-state index contributed by atoms with van der Waals surface area (Å²) in [5.74, 6) is -1.36. The van der Waals surface area contributed by atoms with Crippen molar-refractivity contribution in [1.29, 1.82) is 0 Å². The van der Waals surface area contributed by atoms with E-state index in [4.69, 9.17) is 5.11 Å². The summed E-state index contributed by atoms with van der Waals surface area (Å²) in [4.78, 5) is 34.2. The zero-order chi connectivity index (χ0) is 16.6. The van der Waals surface area contributed by atoms with Gasteiger partial charge in [-0.05, 0) is 12.3 Å². The lowest BCUT2D eigenvalue weighted by Crippen LogP contribution is -2.46. The van der Waals surface area contributed by atoms with Gasteiger partial charge in [-0.15, -0.1) is 11.8 Å². The molecule has 122 valence electrons. The average Bonchev–Trinajstić information content (AvgIpc) is 2.31. The maximum absolute atomic E-state index is 11.6. The summed E-state index contributed by atoms with van der Waals surface area (Å²) in [6.45, 7) is 9.57. The lowest BCUT2D eigenvalue weighted by atomic mass is 10.0. The zero-order valence-corrected chi connectivity index (χ0v) is 14.2. The van der Waals surface area contributed by atoms with Gasteiger partial charge >= 0.3 is 5.97 Å². The van der Waals surface area contributed by atoms with Crippen molar-refractivity contribution in [3.05, 3.63) is 0 Å². The van der Waals surface area contributed by atoms with E-state index < -0.39 is 17.9 Å². The van der Waals surface area contributed by atoms with Crippen LogP contribution in [0.1, 0.15) is 41.0 Å². The molecule has 0 aliphatic heterocycles. The molecule has 0 spiro atoms. The molecule has 0 fully saturated rings. The Kier molecular flexibility index (Phi) is 8.39. The third-order valence-electron chi connectivity index (χ3n) is 2.42. The van der Waals surface area contributed by atoms with Crippen LogP contribution in [0.2, 0.25) is 0 Å². The largest absolute Gasteiger partial charge is 0.480 e. The normalized spacial score (nSPS) is 12.9. The van der Waals surface area contributed by atoms with E-state index in [1.807, 2.05) is 34.6 Å². The fraction of sp³-hybridized carbons (Fsp3) is 0.786. The van der Waals surface area contributed by atoms with E-state index in [-0.39, 0.29) is 28.9 Å². The monoisotopic (exact) mass is 318 g/mol. The number of carboxylic acids is 1. The Hall–Kier alpha value is -1.24. The minimum absolute atomic E-state index is 0.0226. The Balaban J connectivity index is 4.13. The predicted molar refractivity (Wildman–Crippen MR) is 84.2 cm³/mol. The first-order valence-electron chi connectivity index (χ1n) is 6.94. The van der Waals surface area contributed by atoms with Crippen molar-refractivity contribution in [2.45, 2.75) is 51.8 Å². The maximum Gasteiger partial charge on any atom is 0.326 e. The fourth-order valence-electron chi connectivity index (χ4n) is 1.45. The number of nitrogens with one attached hydrogen (secondary N) is 2. The van der Waals surface area contributed by atoms with Crippen LogP contribution in [-0.2, 0) is 14.4 Å². The van der Waals surface area contributed by atoms with Crippen molar-refractivity contribution in [1.82, 2.24) is 10.6 Å². The summed E-state index contributed by atoms with van der Waals surface area (Å²) in [6, 6.07) is -0.918. The smallest absolute Gasteiger partial charge is 0.326 e. The highest BCUT2D eigenvalue weighted by atomic mass is 32.2. The molecule has 0 aliphatic rings. The number of rotatable bonds is 8. The van der Waals surface area contributed by atoms with Gasteiger partial charge in [0.15, 0.2) is 0 Å². The van der Waals surface area contributed by atoms with Gasteiger partial charge in [0.1, 0.15) is 6.04 Å². The van der Waals surface area contributed by atoms with E-state index >= 15 is 0 Å². The van der Waals surface area contributed by atoms with Gasteiger partial charge in [-0.3, -0.25) is 9.59 Å². The Morgan fingerprint density at radius 3 is 2.14 bits per heavy atom. The highest BCUT2D eigenvalue weighted by molar-refractivity contribution is 8.01. The quantitative estimate of drug-likeness (QED) is 0.626. The van der Waals surface area contributed by atoms with Crippen LogP contribution in [0.15, 0.2) is 0 Å². The van der Waals surface area contributed by atoms with Gasteiger partial charge in [0.25, 0.3) is 0 Å². The maximum atomic E-state index is 11.6. The van der Waals surface area contributed by atoms with E-state index in [9.17, 15) is 14.4 Å². The SMILES string of the molecule is CC(C)C[C@H](NC(=O)CNC(=O)CSC(C)(C)C)C(=O)O. The van der Waals surface area contributed by atoms with Gasteiger partial charge in [0.05, 0.1) is 12.3 Å². The molecule has 0 bridgehead atoms. The first-order chi connectivity index (χ1) is 9.51. The van der Waals surface area contributed by atoms with Crippen LogP contribution in [0.4, 0.5) is 0 Å². The zero-order valence-electron chi connectivity index (χ0n) is 13.4. The summed E-state index contributed by atoms with van der Waals surface area (Å²) in [5.41, 5.74) is 0. The molecule has 1 atom stereocenters. The van der Waals surface area contributed by atoms with E-state index in [0.29, 0.717) is 6.42 Å². The number of hydrogen-bond donors (Lipinski definition) is 3. The summed E-state index contributed by atoms with van der Waals surface area (Å²) in [6.07, 6.45) is 0.356. The van der Waals surface area contributed by atoms with E-state index in [1.165, 1.54) is 11.8 Å². The molecule has 0 aromatic carbocycles. The number of amides is 2. The van der Waals surface area contributed by atoms with Crippen LogP contribution in [0.25, 0.3) is 0 Å². The highest BCUT2D eigenvalue weighted by Crippen LogP contribution is 2.22. The predicted octanol–water partition coefficient (Wildman–Crippen LogP) is 1.25. The molecule has 0 aromatic rings. The standard InChI is InChI=1S/C14H26N2O4S/c1-9(2)6-10(13(19)20)16-11(17)7-15-12(18)8-21-14(3,4)5/h9-10H,6-8H2,1-5H3,(H,15,18)(H,16,17)(H,19,20)/t10-/m0/s1. The molecule has 0 saturated carbocycles. The van der Waals surface area contributed by atoms with E-state index in [2.05, 4.69) is 10.6 Å². The first kappa shape index (κ1) is 19.8. The average molecular weight is 318 g/mol. The molecule has 0 heterocycles. The van der Waals surface area contributed by atoms with E-state index in [0.717, 1.165) is 0 Å². The molecule has 7 heteroatoms. The Bertz CT molecular complexity index is 378. The van der Waals surface area contributed by atoms with Crippen molar-refractivity contribution < 1.29 is 19.5 Å². The van der Waals surface area contributed by atoms with Crippen molar-refractivity contribution in [2.24, 2.45) is 5.92 Å². The molecule has 2 amide bonds. The van der Waals surface area contributed by atoms with Crippen molar-refractivity contribution in [3.63, 3.8) is 0 Å². The second-order valence-corrected chi connectivity index (χ2v) is 8.07. The molecule has 0 aliphatic carbocycles. The summed E-state index contributed by atoms with van der Waals surface area (Å²) in [5, 5.41) is 13.9. The van der Waals surface area contributed by atoms with Crippen molar-refractivity contribution in [2.75, 3.05) is 12.3 Å². The van der Waals surface area contributed by atoms with Crippen LogP contribution < -0.4 is 10.6 Å². The molecule has 6 nitrogen and oxygen atoms in total. The highest BCUT2D eigenvalue weighted by Gasteiger charge is 2.21. The molecule has 0 aromatic heterocycles. The molecule has 0 rings (SSSR count). The van der Waals surface area contributed by atoms with Crippen LogP contribution >= 0.6 is 11.8 Å². The van der Waals surface area contributed by atoms with Gasteiger partial charge in [0.2, 0.25) is 11.8 Å². The summed E-state index contributed by atoms with van der Waals surface area (Å²) in [7, 11) is 0. The molecular weight excluding hydrogens is 292 g/mol. The number of aliphatic carboxylic acids is 1. The molecule has 0 radical (unpaired) electrons. The van der Waals surface area contributed by atoms with Crippen LogP contribution in [0.3, 0.4) is 0 Å². The van der Waals surface area contributed by atoms with E-state index in [1.54, 1.807) is 0 Å². The van der Waals surface area contributed by atoms with Crippen LogP contribution in [0, 0.1) is 5.92 Å². The van der Waals surface area contributed by atoms with Gasteiger partial charge in [-0.1, -0.05) is 34.6 Å². The summed E-state index contributed by atoms with van der Waals surface area (Å²) >= 11 is 1.48.